The van der Waals surface area contributed by atoms with Gasteiger partial charge in [0.05, 0.1) is 0 Å². The van der Waals surface area contributed by atoms with Gasteiger partial charge in [-0.25, -0.2) is 4.99 Å². The number of carbonyl (C=O) groups is 2. The van der Waals surface area contributed by atoms with Crippen LogP contribution in [0.5, 0.6) is 0 Å². The molecule has 29 heavy (non-hydrogen) atoms. The second-order valence-corrected chi connectivity index (χ2v) is 7.50. The number of halogens is 1. The summed E-state index contributed by atoms with van der Waals surface area (Å²) in [4.78, 5) is 31.1. The van der Waals surface area contributed by atoms with Gasteiger partial charge in [0.15, 0.2) is 5.96 Å². The molecule has 0 aromatic heterocycles. The van der Waals surface area contributed by atoms with Gasteiger partial charge in [-0.1, -0.05) is 31.0 Å². The molecule has 1 saturated carbocycles. The number of amides is 2. The number of rotatable bonds is 6. The van der Waals surface area contributed by atoms with E-state index < -0.39 is 0 Å². The lowest BCUT2D eigenvalue weighted by Crippen LogP contribution is -2.45. The van der Waals surface area contributed by atoms with Gasteiger partial charge in [-0.2, -0.15) is 0 Å². The maximum absolute atomic E-state index is 12.6. The Hall–Kier alpha value is -1.84. The number of nitrogens with zero attached hydrogens (tertiary/aromatic N) is 2. The molecule has 1 saturated heterocycles. The minimum atomic E-state index is -0.159. The number of hydrogen-bond donors (Lipinski definition) is 3. The van der Waals surface area contributed by atoms with Crippen LogP contribution in [0.3, 0.4) is 0 Å². The van der Waals surface area contributed by atoms with Gasteiger partial charge in [0, 0.05) is 37.3 Å². The number of nitrogens with one attached hydrogen (secondary N) is 3. The van der Waals surface area contributed by atoms with Crippen LogP contribution in [0.25, 0.3) is 0 Å². The number of benzene rings is 1. The van der Waals surface area contributed by atoms with Gasteiger partial charge < -0.3 is 20.9 Å². The average molecular weight is 513 g/mol. The minimum Gasteiger partial charge on any atom is -0.357 e. The zero-order valence-corrected chi connectivity index (χ0v) is 19.4. The Morgan fingerprint density at radius 1 is 1.14 bits per heavy atom. The van der Waals surface area contributed by atoms with E-state index in [1.165, 1.54) is 12.8 Å². The number of anilines is 1. The number of likely N-dealkylation sites (tertiary alicyclic amines) is 1. The molecule has 1 unspecified atom stereocenters. The zero-order chi connectivity index (χ0) is 19.8. The maximum atomic E-state index is 12.6. The first-order valence-corrected chi connectivity index (χ1v) is 10.3. The van der Waals surface area contributed by atoms with E-state index in [0.29, 0.717) is 25.0 Å². The van der Waals surface area contributed by atoms with Crippen LogP contribution < -0.4 is 16.0 Å². The summed E-state index contributed by atoms with van der Waals surface area (Å²) in [5.41, 5.74) is 0.762. The van der Waals surface area contributed by atoms with Crippen LogP contribution >= 0.6 is 24.0 Å². The van der Waals surface area contributed by atoms with Crippen LogP contribution in [0.2, 0.25) is 0 Å². The molecule has 1 aliphatic carbocycles. The van der Waals surface area contributed by atoms with Crippen molar-refractivity contribution >= 4 is 47.4 Å². The molecule has 160 valence electrons. The number of aliphatic imine (C=N–C) groups is 1. The molecule has 1 heterocycles. The molecule has 0 radical (unpaired) electrons. The molecule has 3 N–H and O–H groups in total. The SMILES string of the molecule is CCNC(=NCC(=O)Nc1ccccc1)NC1CCN(C(=O)C2CCCC2)C1.I. The van der Waals surface area contributed by atoms with E-state index in [1.54, 1.807) is 0 Å². The molecule has 1 aliphatic heterocycles. The summed E-state index contributed by atoms with van der Waals surface area (Å²) in [6.45, 7) is 4.24. The first-order valence-electron chi connectivity index (χ1n) is 10.3. The standard InChI is InChI=1S/C21H31N5O2.HI/c1-2-22-21(23-14-19(27)24-17-10-4-3-5-11-17)25-18-12-13-26(15-18)20(28)16-8-6-7-9-16;/h3-5,10-11,16,18H,2,6-9,12-15H2,1H3,(H,24,27)(H2,22,23,25);1H. The van der Waals surface area contributed by atoms with Crippen molar-refractivity contribution in [2.45, 2.75) is 45.1 Å². The second-order valence-electron chi connectivity index (χ2n) is 7.50. The third kappa shape index (κ3) is 7.17. The molecule has 3 rings (SSSR count). The molecular formula is C21H32IN5O2. The molecule has 1 atom stereocenters. The van der Waals surface area contributed by atoms with Gasteiger partial charge in [0.1, 0.15) is 6.54 Å². The zero-order valence-electron chi connectivity index (χ0n) is 17.0. The van der Waals surface area contributed by atoms with Crippen LogP contribution in [0, 0.1) is 5.92 Å². The predicted molar refractivity (Wildman–Crippen MR) is 127 cm³/mol. The number of carbonyl (C=O) groups excluding carboxylic acids is 2. The summed E-state index contributed by atoms with van der Waals surface area (Å²) in [6, 6.07) is 9.52. The van der Waals surface area contributed by atoms with E-state index in [4.69, 9.17) is 0 Å². The highest BCUT2D eigenvalue weighted by Crippen LogP contribution is 2.27. The molecule has 0 spiro atoms. The fraction of sp³-hybridized carbons (Fsp3) is 0.571. The Balaban J connectivity index is 0.00000300. The molecule has 2 fully saturated rings. The van der Waals surface area contributed by atoms with Crippen molar-refractivity contribution in [3.05, 3.63) is 30.3 Å². The van der Waals surface area contributed by atoms with E-state index in [0.717, 1.165) is 31.5 Å². The quantitative estimate of drug-likeness (QED) is 0.310. The Labute approximate surface area is 190 Å². The van der Waals surface area contributed by atoms with Crippen molar-refractivity contribution in [3.8, 4) is 0 Å². The third-order valence-electron chi connectivity index (χ3n) is 5.33. The smallest absolute Gasteiger partial charge is 0.246 e. The second kappa shape index (κ2) is 12.0. The van der Waals surface area contributed by atoms with Crippen LogP contribution in [0.4, 0.5) is 5.69 Å². The molecule has 1 aromatic rings. The van der Waals surface area contributed by atoms with Crippen LogP contribution in [-0.2, 0) is 9.59 Å². The van der Waals surface area contributed by atoms with Gasteiger partial charge in [-0.05, 0) is 38.3 Å². The van der Waals surface area contributed by atoms with Gasteiger partial charge >= 0.3 is 0 Å². The first-order chi connectivity index (χ1) is 13.7. The Kier molecular flexibility index (Phi) is 9.69. The van der Waals surface area contributed by atoms with Crippen molar-refractivity contribution in [2.75, 3.05) is 31.5 Å². The lowest BCUT2D eigenvalue weighted by molar-refractivity contribution is -0.134. The maximum Gasteiger partial charge on any atom is 0.246 e. The highest BCUT2D eigenvalue weighted by molar-refractivity contribution is 14.0. The molecule has 8 heteroatoms. The van der Waals surface area contributed by atoms with Gasteiger partial charge in [-0.15, -0.1) is 24.0 Å². The summed E-state index contributed by atoms with van der Waals surface area (Å²) in [5, 5.41) is 9.39. The fourth-order valence-corrected chi connectivity index (χ4v) is 3.90. The third-order valence-corrected chi connectivity index (χ3v) is 5.33. The largest absolute Gasteiger partial charge is 0.357 e. The lowest BCUT2D eigenvalue weighted by atomic mass is 10.1. The van der Waals surface area contributed by atoms with E-state index >= 15 is 0 Å². The van der Waals surface area contributed by atoms with Gasteiger partial charge in [-0.3, -0.25) is 9.59 Å². The lowest BCUT2D eigenvalue weighted by Gasteiger charge is -2.21. The van der Waals surface area contributed by atoms with Crippen molar-refractivity contribution in [3.63, 3.8) is 0 Å². The highest BCUT2D eigenvalue weighted by Gasteiger charge is 2.32. The van der Waals surface area contributed by atoms with Gasteiger partial charge in [0.2, 0.25) is 11.8 Å². The van der Waals surface area contributed by atoms with Crippen molar-refractivity contribution in [2.24, 2.45) is 10.9 Å². The number of hydrogen-bond acceptors (Lipinski definition) is 3. The van der Waals surface area contributed by atoms with Crippen molar-refractivity contribution in [1.29, 1.82) is 0 Å². The monoisotopic (exact) mass is 513 g/mol. The number of para-hydroxylation sites is 1. The van der Waals surface area contributed by atoms with E-state index in [9.17, 15) is 9.59 Å². The normalized spacial score (nSPS) is 19.6. The minimum absolute atomic E-state index is 0. The molecule has 2 aliphatic rings. The Morgan fingerprint density at radius 3 is 2.55 bits per heavy atom. The Morgan fingerprint density at radius 2 is 1.86 bits per heavy atom. The topological polar surface area (TPSA) is 85.8 Å². The van der Waals surface area contributed by atoms with Crippen molar-refractivity contribution in [1.82, 2.24) is 15.5 Å². The highest BCUT2D eigenvalue weighted by atomic mass is 127. The van der Waals surface area contributed by atoms with Crippen LogP contribution in [-0.4, -0.2) is 54.9 Å². The molecule has 2 amide bonds. The van der Waals surface area contributed by atoms with E-state index in [1.807, 2.05) is 42.2 Å². The average Bonchev–Trinajstić information content (AvgIpc) is 3.39. The molecule has 7 nitrogen and oxygen atoms in total. The van der Waals surface area contributed by atoms with Gasteiger partial charge in [0.25, 0.3) is 0 Å². The molecule has 1 aromatic carbocycles. The summed E-state index contributed by atoms with van der Waals surface area (Å²) < 4.78 is 0. The van der Waals surface area contributed by atoms with Crippen LogP contribution in [0.15, 0.2) is 35.3 Å². The van der Waals surface area contributed by atoms with Crippen molar-refractivity contribution < 1.29 is 9.59 Å². The van der Waals surface area contributed by atoms with Crippen LogP contribution in [0.1, 0.15) is 39.0 Å². The van der Waals surface area contributed by atoms with E-state index in [-0.39, 0.29) is 48.4 Å². The first kappa shape index (κ1) is 23.4. The molecule has 0 bridgehead atoms. The summed E-state index contributed by atoms with van der Waals surface area (Å²) in [6.07, 6.45) is 5.32. The predicted octanol–water partition coefficient (Wildman–Crippen LogP) is 2.59. The summed E-state index contributed by atoms with van der Waals surface area (Å²) in [5.74, 6) is 0.993. The number of guanidine groups is 1. The summed E-state index contributed by atoms with van der Waals surface area (Å²) >= 11 is 0. The molecular weight excluding hydrogens is 481 g/mol. The Bertz CT molecular complexity index is 692. The fourth-order valence-electron chi connectivity index (χ4n) is 3.90. The van der Waals surface area contributed by atoms with E-state index in [2.05, 4.69) is 20.9 Å². The summed E-state index contributed by atoms with van der Waals surface area (Å²) in [7, 11) is 0.